The van der Waals surface area contributed by atoms with E-state index in [4.69, 9.17) is 5.73 Å². The predicted molar refractivity (Wildman–Crippen MR) is 60.3 cm³/mol. The summed E-state index contributed by atoms with van der Waals surface area (Å²) >= 11 is 0. The largest absolute Gasteiger partial charge is 0.325 e. The van der Waals surface area contributed by atoms with Crippen LogP contribution in [0.2, 0.25) is 0 Å². The molecular weight excluding hydrogens is 172 g/mol. The Labute approximate surface area is 86.5 Å². The molecule has 0 unspecified atom stereocenters. The van der Waals surface area contributed by atoms with Gasteiger partial charge >= 0.3 is 0 Å². The van der Waals surface area contributed by atoms with E-state index in [9.17, 15) is 0 Å². The van der Waals surface area contributed by atoms with E-state index in [0.717, 1.165) is 5.69 Å². The fourth-order valence-corrected chi connectivity index (χ4v) is 1.51. The van der Waals surface area contributed by atoms with Gasteiger partial charge in [-0.15, -0.1) is 0 Å². The molecular formula is C12H20N2. The van der Waals surface area contributed by atoms with Crippen LogP contribution in [0.15, 0.2) is 12.3 Å². The molecule has 1 heterocycles. The number of aromatic nitrogens is 1. The van der Waals surface area contributed by atoms with E-state index >= 15 is 0 Å². The summed E-state index contributed by atoms with van der Waals surface area (Å²) < 4.78 is 0. The van der Waals surface area contributed by atoms with Crippen LogP contribution in [0.4, 0.5) is 0 Å². The van der Waals surface area contributed by atoms with Crippen LogP contribution in [0.25, 0.3) is 0 Å². The topological polar surface area (TPSA) is 38.9 Å². The smallest absolute Gasteiger partial charge is 0.0574 e. The molecule has 0 aliphatic heterocycles. The second-order valence-electron chi connectivity index (χ2n) is 4.32. The first-order chi connectivity index (χ1) is 6.56. The lowest BCUT2D eigenvalue weighted by Gasteiger charge is -2.14. The third-order valence-electron chi connectivity index (χ3n) is 2.51. The average molecular weight is 192 g/mol. The standard InChI is InChI=1S/C12H20N2/c1-8(2)10-5-11(9(3)4)12(6-13)14-7-10/h5,7-9H,6,13H2,1-4H3. The zero-order valence-corrected chi connectivity index (χ0v) is 9.54. The van der Waals surface area contributed by atoms with E-state index in [-0.39, 0.29) is 0 Å². The van der Waals surface area contributed by atoms with Crippen molar-refractivity contribution in [2.75, 3.05) is 0 Å². The van der Waals surface area contributed by atoms with E-state index < -0.39 is 0 Å². The molecule has 14 heavy (non-hydrogen) atoms. The quantitative estimate of drug-likeness (QED) is 0.799. The van der Waals surface area contributed by atoms with Crippen LogP contribution < -0.4 is 5.73 Å². The summed E-state index contributed by atoms with van der Waals surface area (Å²) in [5.41, 5.74) is 9.27. The highest BCUT2D eigenvalue weighted by Gasteiger charge is 2.09. The number of hydrogen-bond acceptors (Lipinski definition) is 2. The van der Waals surface area contributed by atoms with Gasteiger partial charge in [-0.25, -0.2) is 0 Å². The maximum absolute atomic E-state index is 5.65. The summed E-state index contributed by atoms with van der Waals surface area (Å²) in [6, 6.07) is 2.24. The summed E-state index contributed by atoms with van der Waals surface area (Å²) in [6.45, 7) is 9.26. The van der Waals surface area contributed by atoms with Gasteiger partial charge in [0.2, 0.25) is 0 Å². The molecule has 0 radical (unpaired) electrons. The molecule has 0 saturated heterocycles. The van der Waals surface area contributed by atoms with E-state index in [2.05, 4.69) is 38.7 Å². The Hall–Kier alpha value is -0.890. The summed E-state index contributed by atoms with van der Waals surface area (Å²) in [5.74, 6) is 1.03. The van der Waals surface area contributed by atoms with Crippen molar-refractivity contribution in [2.45, 2.75) is 46.1 Å². The van der Waals surface area contributed by atoms with Crippen LogP contribution in [0.1, 0.15) is 56.4 Å². The molecule has 1 aromatic heterocycles. The Morgan fingerprint density at radius 2 is 1.86 bits per heavy atom. The minimum Gasteiger partial charge on any atom is -0.325 e. The van der Waals surface area contributed by atoms with Gasteiger partial charge in [-0.2, -0.15) is 0 Å². The van der Waals surface area contributed by atoms with Crippen LogP contribution in [-0.2, 0) is 6.54 Å². The summed E-state index contributed by atoms with van der Waals surface area (Å²) in [7, 11) is 0. The maximum Gasteiger partial charge on any atom is 0.0574 e. The molecule has 2 nitrogen and oxygen atoms in total. The van der Waals surface area contributed by atoms with Gasteiger partial charge < -0.3 is 5.73 Å². The Kier molecular flexibility index (Phi) is 3.64. The normalized spacial score (nSPS) is 11.4. The van der Waals surface area contributed by atoms with Crippen LogP contribution in [-0.4, -0.2) is 4.98 Å². The molecule has 0 saturated carbocycles. The van der Waals surface area contributed by atoms with Gasteiger partial charge in [-0.1, -0.05) is 33.8 Å². The molecule has 78 valence electrons. The monoisotopic (exact) mass is 192 g/mol. The molecule has 0 aliphatic rings. The van der Waals surface area contributed by atoms with E-state index in [0.29, 0.717) is 18.4 Å². The van der Waals surface area contributed by atoms with Crippen LogP contribution in [0, 0.1) is 0 Å². The van der Waals surface area contributed by atoms with Gasteiger partial charge in [-0.05, 0) is 23.0 Å². The zero-order chi connectivity index (χ0) is 10.7. The summed E-state index contributed by atoms with van der Waals surface area (Å²) in [5, 5.41) is 0. The third-order valence-corrected chi connectivity index (χ3v) is 2.51. The highest BCUT2D eigenvalue weighted by molar-refractivity contribution is 5.29. The predicted octanol–water partition coefficient (Wildman–Crippen LogP) is 2.79. The van der Waals surface area contributed by atoms with Gasteiger partial charge in [0.1, 0.15) is 0 Å². The molecule has 0 fully saturated rings. The van der Waals surface area contributed by atoms with Gasteiger partial charge in [0.25, 0.3) is 0 Å². The summed E-state index contributed by atoms with van der Waals surface area (Å²) in [6.07, 6.45) is 1.94. The van der Waals surface area contributed by atoms with E-state index in [1.54, 1.807) is 0 Å². The molecule has 1 aromatic rings. The van der Waals surface area contributed by atoms with Crippen molar-refractivity contribution >= 4 is 0 Å². The molecule has 0 spiro atoms. The van der Waals surface area contributed by atoms with Gasteiger partial charge in [0.05, 0.1) is 5.69 Å². The lowest BCUT2D eigenvalue weighted by molar-refractivity contribution is 0.790. The fraction of sp³-hybridized carbons (Fsp3) is 0.583. The molecule has 0 aromatic carbocycles. The Morgan fingerprint density at radius 1 is 1.21 bits per heavy atom. The lowest BCUT2D eigenvalue weighted by atomic mass is 9.96. The van der Waals surface area contributed by atoms with E-state index in [1.807, 2.05) is 6.20 Å². The maximum atomic E-state index is 5.65. The number of rotatable bonds is 3. The van der Waals surface area contributed by atoms with E-state index in [1.165, 1.54) is 11.1 Å². The Balaban J connectivity index is 3.14. The molecule has 1 rings (SSSR count). The highest BCUT2D eigenvalue weighted by Crippen LogP contribution is 2.22. The zero-order valence-electron chi connectivity index (χ0n) is 9.54. The van der Waals surface area contributed by atoms with Crippen molar-refractivity contribution < 1.29 is 0 Å². The minimum absolute atomic E-state index is 0.500. The van der Waals surface area contributed by atoms with Crippen molar-refractivity contribution in [1.82, 2.24) is 4.98 Å². The van der Waals surface area contributed by atoms with Crippen molar-refractivity contribution in [2.24, 2.45) is 5.73 Å². The molecule has 2 N–H and O–H groups in total. The molecule has 2 heteroatoms. The molecule has 0 aliphatic carbocycles. The lowest BCUT2D eigenvalue weighted by Crippen LogP contribution is -2.07. The third kappa shape index (κ3) is 2.32. The minimum atomic E-state index is 0.500. The second kappa shape index (κ2) is 4.56. The van der Waals surface area contributed by atoms with Gasteiger partial charge in [-0.3, -0.25) is 4.98 Å². The first-order valence-electron chi connectivity index (χ1n) is 5.25. The van der Waals surface area contributed by atoms with Crippen LogP contribution in [0.3, 0.4) is 0 Å². The number of pyridine rings is 1. The van der Waals surface area contributed by atoms with Crippen molar-refractivity contribution in [3.63, 3.8) is 0 Å². The fourth-order valence-electron chi connectivity index (χ4n) is 1.51. The first kappa shape index (κ1) is 11.2. The number of nitrogens with two attached hydrogens (primary N) is 1. The average Bonchev–Trinajstić information content (AvgIpc) is 2.16. The molecule has 0 atom stereocenters. The Bertz CT molecular complexity index is 303. The highest BCUT2D eigenvalue weighted by atomic mass is 14.7. The van der Waals surface area contributed by atoms with Crippen molar-refractivity contribution in [3.8, 4) is 0 Å². The molecule has 0 bridgehead atoms. The Morgan fingerprint density at radius 3 is 2.29 bits per heavy atom. The van der Waals surface area contributed by atoms with Crippen molar-refractivity contribution in [3.05, 3.63) is 29.1 Å². The summed E-state index contributed by atoms with van der Waals surface area (Å²) in [4.78, 5) is 4.41. The second-order valence-corrected chi connectivity index (χ2v) is 4.32. The molecule has 0 amide bonds. The van der Waals surface area contributed by atoms with Crippen molar-refractivity contribution in [1.29, 1.82) is 0 Å². The van der Waals surface area contributed by atoms with Gasteiger partial charge in [0.15, 0.2) is 0 Å². The number of nitrogens with zero attached hydrogens (tertiary/aromatic N) is 1. The number of hydrogen-bond donors (Lipinski definition) is 1. The van der Waals surface area contributed by atoms with Crippen LogP contribution in [0.5, 0.6) is 0 Å². The SMILES string of the molecule is CC(C)c1cnc(CN)c(C(C)C)c1. The van der Waals surface area contributed by atoms with Crippen LogP contribution >= 0.6 is 0 Å². The van der Waals surface area contributed by atoms with Gasteiger partial charge in [0, 0.05) is 12.7 Å². The first-order valence-corrected chi connectivity index (χ1v) is 5.25.